The largest absolute Gasteiger partial charge is 0.309 e. The standard InChI is InChI=1S/C11H15NS/c1-2-10(12-5-1)11-6-9(7-13-11)8-3-4-8/h6-8,10,12H,1-5H2. The quantitative estimate of drug-likeness (QED) is 0.761. The molecule has 0 bridgehead atoms. The molecule has 2 aliphatic rings. The van der Waals surface area contributed by atoms with Crippen LogP contribution in [0.5, 0.6) is 0 Å². The van der Waals surface area contributed by atoms with Crippen molar-refractivity contribution in [2.24, 2.45) is 0 Å². The van der Waals surface area contributed by atoms with E-state index in [1.54, 1.807) is 10.4 Å². The van der Waals surface area contributed by atoms with Crippen molar-refractivity contribution >= 4 is 11.3 Å². The van der Waals surface area contributed by atoms with Crippen molar-refractivity contribution in [3.8, 4) is 0 Å². The smallest absolute Gasteiger partial charge is 0.0415 e. The maximum absolute atomic E-state index is 3.56. The average Bonchev–Trinajstić information content (AvgIpc) is 2.72. The molecule has 2 heteroatoms. The molecule has 1 aliphatic heterocycles. The lowest BCUT2D eigenvalue weighted by Gasteiger charge is -2.05. The van der Waals surface area contributed by atoms with Crippen LogP contribution in [0.1, 0.15) is 48.1 Å². The SMILES string of the molecule is c1sc(C2CCCN2)cc1C1CC1. The zero-order valence-electron chi connectivity index (χ0n) is 7.75. The summed E-state index contributed by atoms with van der Waals surface area (Å²) in [6.45, 7) is 1.21. The van der Waals surface area contributed by atoms with Gasteiger partial charge in [0.25, 0.3) is 0 Å². The highest BCUT2D eigenvalue weighted by molar-refractivity contribution is 7.10. The summed E-state index contributed by atoms with van der Waals surface area (Å²) >= 11 is 1.95. The number of rotatable bonds is 2. The molecule has 3 rings (SSSR count). The molecule has 1 saturated heterocycles. The van der Waals surface area contributed by atoms with E-state index in [1.807, 2.05) is 11.3 Å². The molecule has 1 nitrogen and oxygen atoms in total. The molecule has 1 saturated carbocycles. The Morgan fingerprint density at radius 2 is 2.23 bits per heavy atom. The molecule has 70 valence electrons. The highest BCUT2D eigenvalue weighted by Gasteiger charge is 2.26. The third-order valence-electron chi connectivity index (χ3n) is 3.09. The molecule has 2 fully saturated rings. The summed E-state index contributed by atoms with van der Waals surface area (Å²) in [4.78, 5) is 1.57. The molecular formula is C11H15NS. The molecule has 13 heavy (non-hydrogen) atoms. The molecular weight excluding hydrogens is 178 g/mol. The minimum absolute atomic E-state index is 0.678. The lowest BCUT2D eigenvalue weighted by Crippen LogP contribution is -2.11. The van der Waals surface area contributed by atoms with Crippen molar-refractivity contribution in [2.75, 3.05) is 6.54 Å². The third-order valence-corrected chi connectivity index (χ3v) is 4.16. The fraction of sp³-hybridized carbons (Fsp3) is 0.636. The monoisotopic (exact) mass is 193 g/mol. The molecule has 1 aromatic rings. The minimum atomic E-state index is 0.678. The van der Waals surface area contributed by atoms with E-state index in [4.69, 9.17) is 0 Å². The van der Waals surface area contributed by atoms with Gasteiger partial charge in [-0.25, -0.2) is 0 Å². The van der Waals surface area contributed by atoms with E-state index < -0.39 is 0 Å². The van der Waals surface area contributed by atoms with E-state index in [0.717, 1.165) is 5.92 Å². The van der Waals surface area contributed by atoms with Gasteiger partial charge in [0, 0.05) is 10.9 Å². The van der Waals surface area contributed by atoms with Crippen LogP contribution in [-0.4, -0.2) is 6.54 Å². The first-order chi connectivity index (χ1) is 6.43. The lowest BCUT2D eigenvalue weighted by molar-refractivity contribution is 0.659. The number of nitrogens with one attached hydrogen (secondary N) is 1. The van der Waals surface area contributed by atoms with Gasteiger partial charge in [-0.15, -0.1) is 11.3 Å². The second kappa shape index (κ2) is 3.10. The van der Waals surface area contributed by atoms with E-state index in [1.165, 1.54) is 32.2 Å². The van der Waals surface area contributed by atoms with E-state index >= 15 is 0 Å². The topological polar surface area (TPSA) is 12.0 Å². The predicted molar refractivity (Wildman–Crippen MR) is 56.3 cm³/mol. The van der Waals surface area contributed by atoms with Gasteiger partial charge in [-0.05, 0) is 55.2 Å². The number of thiophene rings is 1. The van der Waals surface area contributed by atoms with Crippen LogP contribution in [0, 0.1) is 0 Å². The Morgan fingerprint density at radius 3 is 2.92 bits per heavy atom. The van der Waals surface area contributed by atoms with Gasteiger partial charge in [-0.2, -0.15) is 0 Å². The van der Waals surface area contributed by atoms with Crippen molar-refractivity contribution < 1.29 is 0 Å². The molecule has 1 N–H and O–H groups in total. The van der Waals surface area contributed by atoms with Gasteiger partial charge >= 0.3 is 0 Å². The molecule has 1 aromatic heterocycles. The van der Waals surface area contributed by atoms with Crippen molar-refractivity contribution in [3.05, 3.63) is 21.9 Å². The third kappa shape index (κ3) is 1.53. The zero-order chi connectivity index (χ0) is 8.67. The van der Waals surface area contributed by atoms with Crippen molar-refractivity contribution in [1.82, 2.24) is 5.32 Å². The molecule has 1 atom stereocenters. The summed E-state index contributed by atoms with van der Waals surface area (Å²) in [5, 5.41) is 5.92. The van der Waals surface area contributed by atoms with Crippen LogP contribution in [0.4, 0.5) is 0 Å². The van der Waals surface area contributed by atoms with Crippen LogP contribution in [0.3, 0.4) is 0 Å². The van der Waals surface area contributed by atoms with Gasteiger partial charge in [-0.1, -0.05) is 0 Å². The van der Waals surface area contributed by atoms with Gasteiger partial charge in [0.05, 0.1) is 0 Å². The van der Waals surface area contributed by atoms with E-state index in [9.17, 15) is 0 Å². The first kappa shape index (κ1) is 8.01. The van der Waals surface area contributed by atoms with Gasteiger partial charge in [-0.3, -0.25) is 0 Å². The second-order valence-electron chi connectivity index (χ2n) is 4.21. The van der Waals surface area contributed by atoms with E-state index in [2.05, 4.69) is 16.8 Å². The van der Waals surface area contributed by atoms with Crippen LogP contribution in [-0.2, 0) is 0 Å². The average molecular weight is 193 g/mol. The van der Waals surface area contributed by atoms with Crippen molar-refractivity contribution in [2.45, 2.75) is 37.6 Å². The van der Waals surface area contributed by atoms with Crippen LogP contribution in [0.2, 0.25) is 0 Å². The molecule has 0 amide bonds. The highest BCUT2D eigenvalue weighted by Crippen LogP contribution is 2.43. The Balaban J connectivity index is 1.79. The number of hydrogen-bond acceptors (Lipinski definition) is 2. The summed E-state index contributed by atoms with van der Waals surface area (Å²) < 4.78 is 0. The number of hydrogen-bond donors (Lipinski definition) is 1. The summed E-state index contributed by atoms with van der Waals surface area (Å²) in [7, 11) is 0. The highest BCUT2D eigenvalue weighted by atomic mass is 32.1. The first-order valence-corrected chi connectivity index (χ1v) is 6.13. The van der Waals surface area contributed by atoms with Crippen molar-refractivity contribution in [3.63, 3.8) is 0 Å². The summed E-state index contributed by atoms with van der Waals surface area (Å²) in [6, 6.07) is 3.11. The summed E-state index contributed by atoms with van der Waals surface area (Å²) in [6.07, 6.45) is 5.54. The van der Waals surface area contributed by atoms with Gasteiger partial charge < -0.3 is 5.32 Å². The van der Waals surface area contributed by atoms with E-state index in [-0.39, 0.29) is 0 Å². The van der Waals surface area contributed by atoms with Crippen LogP contribution >= 0.6 is 11.3 Å². The Kier molecular flexibility index (Phi) is 1.91. The van der Waals surface area contributed by atoms with Gasteiger partial charge in [0.1, 0.15) is 0 Å². The Labute approximate surface area is 83.2 Å². The van der Waals surface area contributed by atoms with Gasteiger partial charge in [0.15, 0.2) is 0 Å². The van der Waals surface area contributed by atoms with Gasteiger partial charge in [0.2, 0.25) is 0 Å². The maximum atomic E-state index is 3.56. The predicted octanol–water partition coefficient (Wildman–Crippen LogP) is 3.05. The van der Waals surface area contributed by atoms with Crippen LogP contribution in [0.15, 0.2) is 11.4 Å². The molecule has 0 aromatic carbocycles. The first-order valence-electron chi connectivity index (χ1n) is 5.25. The fourth-order valence-corrected chi connectivity index (χ4v) is 3.21. The molecule has 1 aliphatic carbocycles. The Bertz CT molecular complexity index is 295. The van der Waals surface area contributed by atoms with Crippen LogP contribution in [0.25, 0.3) is 0 Å². The summed E-state index contributed by atoms with van der Waals surface area (Å²) in [5.41, 5.74) is 1.61. The zero-order valence-corrected chi connectivity index (χ0v) is 8.57. The molecule has 1 unspecified atom stereocenters. The second-order valence-corrected chi connectivity index (χ2v) is 5.15. The normalized spacial score (nSPS) is 28.2. The van der Waals surface area contributed by atoms with Crippen molar-refractivity contribution in [1.29, 1.82) is 0 Å². The molecule has 0 radical (unpaired) electrons. The Morgan fingerprint density at radius 1 is 1.31 bits per heavy atom. The fourth-order valence-electron chi connectivity index (χ4n) is 2.11. The molecule has 2 heterocycles. The maximum Gasteiger partial charge on any atom is 0.0415 e. The Hall–Kier alpha value is -0.340. The molecule has 0 spiro atoms. The van der Waals surface area contributed by atoms with E-state index in [0.29, 0.717) is 6.04 Å². The minimum Gasteiger partial charge on any atom is -0.309 e. The lowest BCUT2D eigenvalue weighted by atomic mass is 10.1. The summed E-state index contributed by atoms with van der Waals surface area (Å²) in [5.74, 6) is 0.923. The van der Waals surface area contributed by atoms with Crippen LogP contribution < -0.4 is 5.32 Å².